The second kappa shape index (κ2) is 10.0. The highest BCUT2D eigenvalue weighted by Gasteiger charge is 2.39. The first-order valence-electron chi connectivity index (χ1n) is 9.96. The van der Waals surface area contributed by atoms with E-state index in [1.807, 2.05) is 24.3 Å². The second-order valence-electron chi connectivity index (χ2n) is 9.53. The third-order valence-corrected chi connectivity index (χ3v) is 13.0. The summed E-state index contributed by atoms with van der Waals surface area (Å²) in [6.45, 7) is 15.3. The molecule has 0 saturated carbocycles. The predicted octanol–water partition coefficient (Wildman–Crippen LogP) is 4.40. The van der Waals surface area contributed by atoms with Crippen molar-refractivity contribution in [2.45, 2.75) is 77.0 Å². The third kappa shape index (κ3) is 7.66. The summed E-state index contributed by atoms with van der Waals surface area (Å²) >= 11 is 0. The van der Waals surface area contributed by atoms with Crippen molar-refractivity contribution in [3.05, 3.63) is 42.1 Å². The van der Waals surface area contributed by atoms with Gasteiger partial charge in [-0.1, -0.05) is 81.2 Å². The fourth-order valence-corrected chi connectivity index (χ4v) is 6.01. The summed E-state index contributed by atoms with van der Waals surface area (Å²) in [6, 6.07) is 10.4. The first-order valence-corrected chi connectivity index (χ1v) is 15.9. The number of rotatable bonds is 9. The van der Waals surface area contributed by atoms with Crippen molar-refractivity contribution in [1.29, 1.82) is 0 Å². The van der Waals surface area contributed by atoms with Crippen molar-refractivity contribution >= 4 is 27.5 Å². The standard InChI is InChI=1S/C22H38O4Si2/c1-22(2,3)28(7,8)26-19(17-21(24)25-4)16-18(23)14-15-27(5,6)20-12-10-9-11-13-20/h9-15,18-19,23H,16-17H2,1-8H3/b15-14+/t18-,19-/m0/s1. The van der Waals surface area contributed by atoms with E-state index in [0.29, 0.717) is 6.42 Å². The monoisotopic (exact) mass is 422 g/mol. The maximum atomic E-state index is 11.9. The molecule has 0 amide bonds. The molecule has 1 rings (SSSR count). The Bertz CT molecular complexity index is 648. The summed E-state index contributed by atoms with van der Waals surface area (Å²) < 4.78 is 11.3. The zero-order valence-corrected chi connectivity index (χ0v) is 20.8. The molecule has 0 saturated heterocycles. The zero-order chi connectivity index (χ0) is 21.6. The number of hydrogen-bond acceptors (Lipinski definition) is 4. The van der Waals surface area contributed by atoms with E-state index in [0.717, 1.165) is 0 Å². The number of carbonyl (C=O) groups excluding carboxylic acids is 1. The van der Waals surface area contributed by atoms with E-state index in [1.165, 1.54) is 12.3 Å². The summed E-state index contributed by atoms with van der Waals surface area (Å²) in [4.78, 5) is 11.9. The Morgan fingerprint density at radius 2 is 1.71 bits per heavy atom. The van der Waals surface area contributed by atoms with Crippen molar-refractivity contribution in [3.63, 3.8) is 0 Å². The van der Waals surface area contributed by atoms with Crippen molar-refractivity contribution in [1.82, 2.24) is 0 Å². The molecule has 0 aliphatic heterocycles. The van der Waals surface area contributed by atoms with E-state index < -0.39 is 22.5 Å². The van der Waals surface area contributed by atoms with Crippen LogP contribution in [0.3, 0.4) is 0 Å². The molecule has 1 aromatic carbocycles. The molecule has 6 heteroatoms. The van der Waals surface area contributed by atoms with Crippen LogP contribution in [-0.4, -0.2) is 46.8 Å². The van der Waals surface area contributed by atoms with Gasteiger partial charge < -0.3 is 14.3 Å². The lowest BCUT2D eigenvalue weighted by atomic mass is 10.1. The van der Waals surface area contributed by atoms with E-state index >= 15 is 0 Å². The van der Waals surface area contributed by atoms with Crippen molar-refractivity contribution < 1.29 is 19.1 Å². The quantitative estimate of drug-likeness (QED) is 0.473. The van der Waals surface area contributed by atoms with Gasteiger partial charge in [0.1, 0.15) is 8.07 Å². The summed E-state index contributed by atoms with van der Waals surface area (Å²) in [6.07, 6.45) is 1.41. The minimum absolute atomic E-state index is 0.0321. The molecule has 0 spiro atoms. The maximum absolute atomic E-state index is 11.9. The second-order valence-corrected chi connectivity index (χ2v) is 18.6. The van der Waals surface area contributed by atoms with Crippen molar-refractivity contribution in [3.8, 4) is 0 Å². The van der Waals surface area contributed by atoms with Gasteiger partial charge in [0.25, 0.3) is 0 Å². The van der Waals surface area contributed by atoms with Gasteiger partial charge in [-0.05, 0) is 18.1 Å². The molecule has 2 atom stereocenters. The SMILES string of the molecule is COC(=O)C[C@H](C[C@@H](O)/C=C/[Si](C)(C)c1ccccc1)O[Si](C)(C)C(C)(C)C. The Morgan fingerprint density at radius 3 is 2.21 bits per heavy atom. The normalized spacial score (nSPS) is 15.5. The Labute approximate surface area is 173 Å². The number of esters is 1. The van der Waals surface area contributed by atoms with Crippen LogP contribution in [0.1, 0.15) is 33.6 Å². The minimum atomic E-state index is -2.06. The molecular weight excluding hydrogens is 384 g/mol. The maximum Gasteiger partial charge on any atom is 0.308 e. The van der Waals surface area contributed by atoms with Crippen molar-refractivity contribution in [2.75, 3.05) is 7.11 Å². The predicted molar refractivity (Wildman–Crippen MR) is 122 cm³/mol. The summed E-state index contributed by atoms with van der Waals surface area (Å²) in [5.74, 6) is -0.307. The summed E-state index contributed by atoms with van der Waals surface area (Å²) in [5.41, 5.74) is 2.16. The number of methoxy groups -OCH3 is 1. The smallest absolute Gasteiger partial charge is 0.308 e. The lowest BCUT2D eigenvalue weighted by molar-refractivity contribution is -0.142. The fraction of sp³-hybridized carbons (Fsp3) is 0.591. The van der Waals surface area contributed by atoms with Gasteiger partial charge in [-0.15, -0.1) is 0 Å². The van der Waals surface area contributed by atoms with Gasteiger partial charge in [-0.25, -0.2) is 0 Å². The summed E-state index contributed by atoms with van der Waals surface area (Å²) in [7, 11) is -2.45. The van der Waals surface area contributed by atoms with Crippen LogP contribution in [0.2, 0.25) is 31.2 Å². The van der Waals surface area contributed by atoms with E-state index in [-0.39, 0.29) is 23.5 Å². The average Bonchev–Trinajstić information content (AvgIpc) is 2.59. The van der Waals surface area contributed by atoms with E-state index in [4.69, 9.17) is 9.16 Å². The zero-order valence-electron chi connectivity index (χ0n) is 18.8. The number of carbonyl (C=O) groups is 1. The molecule has 1 aromatic rings. The molecule has 0 unspecified atom stereocenters. The molecule has 0 bridgehead atoms. The third-order valence-electron chi connectivity index (χ3n) is 5.65. The molecule has 0 fully saturated rings. The van der Waals surface area contributed by atoms with E-state index in [2.05, 4.69) is 64.8 Å². The van der Waals surface area contributed by atoms with Gasteiger partial charge in [0, 0.05) is 6.42 Å². The lowest BCUT2D eigenvalue weighted by Crippen LogP contribution is -2.45. The molecular formula is C22H38O4Si2. The first-order chi connectivity index (χ1) is 12.8. The van der Waals surface area contributed by atoms with Crippen LogP contribution in [0.15, 0.2) is 42.1 Å². The highest BCUT2D eigenvalue weighted by atomic mass is 28.4. The van der Waals surface area contributed by atoms with E-state index in [9.17, 15) is 9.90 Å². The number of ether oxygens (including phenoxy) is 1. The molecule has 1 N–H and O–H groups in total. The van der Waals surface area contributed by atoms with Gasteiger partial charge in [0.05, 0.1) is 25.7 Å². The largest absolute Gasteiger partial charge is 0.469 e. The van der Waals surface area contributed by atoms with Gasteiger partial charge in [0.15, 0.2) is 8.32 Å². The van der Waals surface area contributed by atoms with Crippen LogP contribution >= 0.6 is 0 Å². The van der Waals surface area contributed by atoms with Crippen molar-refractivity contribution in [2.24, 2.45) is 0 Å². The molecule has 0 aliphatic carbocycles. The highest BCUT2D eigenvalue weighted by molar-refractivity contribution is 6.93. The van der Waals surface area contributed by atoms with Crippen LogP contribution in [-0.2, 0) is 14.0 Å². The van der Waals surface area contributed by atoms with Gasteiger partial charge in [0.2, 0.25) is 0 Å². The van der Waals surface area contributed by atoms with Crippen LogP contribution in [0.5, 0.6) is 0 Å². The first kappa shape index (κ1) is 24.8. The molecule has 0 aliphatic rings. The molecule has 28 heavy (non-hydrogen) atoms. The molecule has 4 nitrogen and oxygen atoms in total. The Kier molecular flexibility index (Phi) is 8.87. The number of hydrogen-bond donors (Lipinski definition) is 1. The fourth-order valence-electron chi connectivity index (χ4n) is 2.70. The minimum Gasteiger partial charge on any atom is -0.469 e. The van der Waals surface area contributed by atoms with Gasteiger partial charge >= 0.3 is 5.97 Å². The van der Waals surface area contributed by atoms with Crippen LogP contribution < -0.4 is 5.19 Å². The summed E-state index contributed by atoms with van der Waals surface area (Å²) in [5, 5.41) is 12.0. The number of aliphatic hydroxyl groups is 1. The lowest BCUT2D eigenvalue weighted by Gasteiger charge is -2.39. The Balaban J connectivity index is 2.88. The van der Waals surface area contributed by atoms with E-state index in [1.54, 1.807) is 0 Å². The molecule has 0 radical (unpaired) electrons. The Morgan fingerprint density at radius 1 is 1.14 bits per heavy atom. The number of aliphatic hydroxyl groups excluding tert-OH is 1. The Hall–Kier alpha value is -1.22. The highest BCUT2D eigenvalue weighted by Crippen LogP contribution is 2.38. The van der Waals surface area contributed by atoms with Gasteiger partial charge in [-0.2, -0.15) is 0 Å². The van der Waals surface area contributed by atoms with Crippen LogP contribution in [0.25, 0.3) is 0 Å². The number of benzene rings is 1. The molecule has 158 valence electrons. The molecule has 0 heterocycles. The topological polar surface area (TPSA) is 55.8 Å². The van der Waals surface area contributed by atoms with Crippen LogP contribution in [0.4, 0.5) is 0 Å². The molecule has 0 aromatic heterocycles. The van der Waals surface area contributed by atoms with Gasteiger partial charge in [-0.3, -0.25) is 4.79 Å². The average molecular weight is 423 g/mol. The van der Waals surface area contributed by atoms with Crippen LogP contribution in [0, 0.1) is 0 Å².